The minimum atomic E-state index is -4.20. The largest absolute Gasteiger partial charge is 0.465 e. The van der Waals surface area contributed by atoms with E-state index in [0.717, 1.165) is 8.39 Å². The number of ether oxygens (including phenoxy) is 2. The lowest BCUT2D eigenvalue weighted by atomic mass is 10.0. The summed E-state index contributed by atoms with van der Waals surface area (Å²) >= 11 is 6.49. The fraction of sp³-hybridized carbons (Fsp3) is 0.560. The number of hydrogen-bond donors (Lipinski definition) is 2. The Balaban J connectivity index is 2.26. The number of amides is 2. The Hall–Kier alpha value is -2.91. The van der Waals surface area contributed by atoms with Crippen LogP contribution in [0.5, 0.6) is 0 Å². The molecule has 1 aromatic heterocycles. The van der Waals surface area contributed by atoms with E-state index in [-0.39, 0.29) is 24.5 Å². The van der Waals surface area contributed by atoms with Crippen LogP contribution in [-0.4, -0.2) is 111 Å². The van der Waals surface area contributed by atoms with Crippen molar-refractivity contribution in [3.05, 3.63) is 46.1 Å². The molecule has 1 aliphatic heterocycles. The van der Waals surface area contributed by atoms with E-state index in [9.17, 15) is 23.1 Å². The van der Waals surface area contributed by atoms with Gasteiger partial charge in [0.15, 0.2) is 12.0 Å². The Bertz CT molecular complexity index is 1310. The predicted molar refractivity (Wildman–Crippen MR) is 150 cm³/mol. The van der Waals surface area contributed by atoms with Crippen LogP contribution in [0.3, 0.4) is 0 Å². The molecule has 13 nitrogen and oxygen atoms in total. The highest BCUT2D eigenvalue weighted by molar-refractivity contribution is 7.87. The van der Waals surface area contributed by atoms with Gasteiger partial charge in [-0.25, -0.2) is 4.79 Å². The summed E-state index contributed by atoms with van der Waals surface area (Å²) in [4.78, 5) is 28.5. The third kappa shape index (κ3) is 6.69. The topological polar surface area (TPSA) is 147 Å². The van der Waals surface area contributed by atoms with E-state index in [0.29, 0.717) is 35.5 Å². The predicted octanol–water partition coefficient (Wildman–Crippen LogP) is 2.10. The molecule has 15 heteroatoms. The number of benzene rings is 1. The number of halogens is 1. The van der Waals surface area contributed by atoms with E-state index in [2.05, 4.69) is 10.4 Å². The second-order valence-electron chi connectivity index (χ2n) is 9.78. The Kier molecular flexibility index (Phi) is 10.4. The van der Waals surface area contributed by atoms with Gasteiger partial charge in [-0.2, -0.15) is 12.7 Å². The second-order valence-corrected chi connectivity index (χ2v) is 12.2. The van der Waals surface area contributed by atoms with Crippen LogP contribution in [0.25, 0.3) is 0 Å². The maximum absolute atomic E-state index is 14.0. The Morgan fingerprint density at radius 3 is 2.45 bits per heavy atom. The first-order chi connectivity index (χ1) is 18.8. The minimum Gasteiger partial charge on any atom is -0.465 e. The van der Waals surface area contributed by atoms with Crippen LogP contribution >= 0.6 is 11.6 Å². The molecule has 0 radical (unpaired) electrons. The number of aromatic nitrogens is 2. The minimum absolute atomic E-state index is 0.0750. The summed E-state index contributed by atoms with van der Waals surface area (Å²) in [6, 6.07) is 6.08. The molecule has 2 heterocycles. The first kappa shape index (κ1) is 31.6. The average Bonchev–Trinajstić information content (AvgIpc) is 3.29. The maximum atomic E-state index is 14.0. The summed E-state index contributed by atoms with van der Waals surface area (Å²) in [6.45, 7) is 2.35. The lowest BCUT2D eigenvalue weighted by Gasteiger charge is -2.35. The van der Waals surface area contributed by atoms with Gasteiger partial charge in [0, 0.05) is 71.5 Å². The van der Waals surface area contributed by atoms with Crippen molar-refractivity contribution in [3.63, 3.8) is 0 Å². The maximum Gasteiger partial charge on any atom is 0.404 e. The van der Waals surface area contributed by atoms with Crippen molar-refractivity contribution in [3.8, 4) is 0 Å². The SMILES string of the molecule is COC(OC)C(C)N(C)C(=O)c1nn(S(=O)(=O)N(C)C)c(N2CCC[C@@H](NC(=O)O)C2)c1Cc1ccccc1Cl. The number of rotatable bonds is 11. The van der Waals surface area contributed by atoms with Crippen LogP contribution in [0.15, 0.2) is 24.3 Å². The Morgan fingerprint density at radius 1 is 1.23 bits per heavy atom. The van der Waals surface area contributed by atoms with Gasteiger partial charge in [0.2, 0.25) is 0 Å². The standard InChI is InChI=1S/C25H37ClN6O7S/c1-16(24(38-5)39-6)30(4)23(33)21-19(14-17-10-7-8-12-20(17)26)22(32(28-21)40(36,37)29(2)3)31-13-9-11-18(15-31)27-25(34)35/h7-8,10,12,16,18,24,27H,9,11,13-15H2,1-6H3,(H,34,35)/t16?,18-/m1/s1. The van der Waals surface area contributed by atoms with Gasteiger partial charge in [-0.15, -0.1) is 9.19 Å². The van der Waals surface area contributed by atoms with Gasteiger partial charge in [0.1, 0.15) is 5.82 Å². The second kappa shape index (κ2) is 13.2. The lowest BCUT2D eigenvalue weighted by molar-refractivity contribution is -0.134. The summed E-state index contributed by atoms with van der Waals surface area (Å²) < 4.78 is 39.7. The summed E-state index contributed by atoms with van der Waals surface area (Å²) in [5.74, 6) is -0.357. The smallest absolute Gasteiger partial charge is 0.404 e. The van der Waals surface area contributed by atoms with Gasteiger partial charge < -0.3 is 29.7 Å². The molecule has 2 atom stereocenters. The zero-order valence-corrected chi connectivity index (χ0v) is 25.1. The zero-order chi connectivity index (χ0) is 29.8. The van der Waals surface area contributed by atoms with Crippen LogP contribution < -0.4 is 10.2 Å². The quantitative estimate of drug-likeness (QED) is 0.370. The van der Waals surface area contributed by atoms with Gasteiger partial charge in [0.25, 0.3) is 5.91 Å². The molecule has 0 spiro atoms. The molecule has 1 aliphatic rings. The lowest BCUT2D eigenvalue weighted by Crippen LogP contribution is -2.48. The third-order valence-electron chi connectivity index (χ3n) is 6.97. The summed E-state index contributed by atoms with van der Waals surface area (Å²) in [5.41, 5.74) is 0.944. The van der Waals surface area contributed by atoms with Gasteiger partial charge in [0.05, 0.1) is 6.04 Å². The van der Waals surface area contributed by atoms with E-state index < -0.39 is 40.6 Å². The normalized spacial score (nSPS) is 16.8. The van der Waals surface area contributed by atoms with Crippen molar-refractivity contribution in [1.82, 2.24) is 23.7 Å². The molecule has 2 aromatic rings. The van der Waals surface area contributed by atoms with E-state index >= 15 is 0 Å². The Labute approximate surface area is 239 Å². The highest BCUT2D eigenvalue weighted by atomic mass is 35.5. The first-order valence-electron chi connectivity index (χ1n) is 12.7. The molecule has 1 fully saturated rings. The van der Waals surface area contributed by atoms with Crippen LogP contribution in [-0.2, 0) is 26.1 Å². The zero-order valence-electron chi connectivity index (χ0n) is 23.5. The van der Waals surface area contributed by atoms with Gasteiger partial charge in [-0.1, -0.05) is 29.8 Å². The number of carboxylic acid groups (broad SMARTS) is 1. The van der Waals surface area contributed by atoms with E-state index in [1.807, 2.05) is 0 Å². The fourth-order valence-corrected chi connectivity index (χ4v) is 5.84. The highest BCUT2D eigenvalue weighted by Gasteiger charge is 2.37. The molecule has 1 saturated heterocycles. The molecule has 222 valence electrons. The van der Waals surface area contributed by atoms with Crippen molar-refractivity contribution in [1.29, 1.82) is 0 Å². The summed E-state index contributed by atoms with van der Waals surface area (Å²) in [7, 11) is 3.02. The number of carbonyl (C=O) groups excluding carboxylic acids is 1. The average molecular weight is 601 g/mol. The van der Waals surface area contributed by atoms with E-state index in [4.69, 9.17) is 21.1 Å². The summed E-state index contributed by atoms with van der Waals surface area (Å²) in [5, 5.41) is 16.6. The molecule has 1 unspecified atom stereocenters. The number of likely N-dealkylation sites (N-methyl/N-ethyl adjacent to an activating group) is 1. The molecule has 40 heavy (non-hydrogen) atoms. The number of nitrogens with one attached hydrogen (secondary N) is 1. The Morgan fingerprint density at radius 2 is 1.88 bits per heavy atom. The van der Waals surface area contributed by atoms with Gasteiger partial charge in [-0.3, -0.25) is 4.79 Å². The van der Waals surface area contributed by atoms with Crippen molar-refractivity contribution < 1.29 is 32.6 Å². The number of nitrogens with zero attached hydrogens (tertiary/aromatic N) is 5. The first-order valence-corrected chi connectivity index (χ1v) is 14.5. The van der Waals surface area contributed by atoms with E-state index in [1.54, 1.807) is 43.1 Å². The van der Waals surface area contributed by atoms with E-state index in [1.165, 1.54) is 33.2 Å². The molecule has 0 aliphatic carbocycles. The molecular formula is C25H37ClN6O7S. The molecular weight excluding hydrogens is 564 g/mol. The van der Waals surface area contributed by atoms with Crippen LogP contribution in [0.1, 0.15) is 41.4 Å². The van der Waals surface area contributed by atoms with Crippen LogP contribution in [0.4, 0.5) is 10.6 Å². The van der Waals surface area contributed by atoms with Gasteiger partial charge in [-0.05, 0) is 31.4 Å². The number of carbonyl (C=O) groups is 2. The number of anilines is 1. The number of methoxy groups -OCH3 is 2. The van der Waals surface area contributed by atoms with Crippen molar-refractivity contribution in [2.24, 2.45) is 0 Å². The molecule has 0 saturated carbocycles. The molecule has 2 N–H and O–H groups in total. The van der Waals surface area contributed by atoms with Crippen molar-refractivity contribution in [2.75, 3.05) is 53.4 Å². The van der Waals surface area contributed by atoms with Crippen molar-refractivity contribution >= 4 is 39.6 Å². The monoisotopic (exact) mass is 600 g/mol. The van der Waals surface area contributed by atoms with Gasteiger partial charge >= 0.3 is 16.3 Å². The highest BCUT2D eigenvalue weighted by Crippen LogP contribution is 2.33. The number of piperidine rings is 1. The fourth-order valence-electron chi connectivity index (χ4n) is 4.70. The molecule has 2 amide bonds. The van der Waals surface area contributed by atoms with Crippen LogP contribution in [0, 0.1) is 0 Å². The third-order valence-corrected chi connectivity index (χ3v) is 8.96. The summed E-state index contributed by atoms with van der Waals surface area (Å²) in [6.07, 6.45) is -0.633. The number of hydrogen-bond acceptors (Lipinski definition) is 8. The molecule has 0 bridgehead atoms. The molecule has 1 aromatic carbocycles. The molecule has 3 rings (SSSR count). The van der Waals surface area contributed by atoms with Crippen LogP contribution in [0.2, 0.25) is 5.02 Å². The van der Waals surface area contributed by atoms with Crippen molar-refractivity contribution in [2.45, 2.75) is 44.6 Å².